The monoisotopic (exact) mass is 298 g/mol. The molecule has 2 aromatic rings. The fourth-order valence-corrected chi connectivity index (χ4v) is 1.91. The second kappa shape index (κ2) is 11.4. The summed E-state index contributed by atoms with van der Waals surface area (Å²) in [5.41, 5.74) is 1.97. The van der Waals surface area contributed by atoms with Crippen LogP contribution in [-0.4, -0.2) is 11.6 Å². The van der Waals surface area contributed by atoms with E-state index in [0.717, 1.165) is 5.56 Å². The molecule has 22 heavy (non-hydrogen) atoms. The van der Waals surface area contributed by atoms with E-state index in [0.29, 0.717) is 17.5 Å². The average molecular weight is 298 g/mol. The van der Waals surface area contributed by atoms with Gasteiger partial charge in [-0.15, -0.1) is 0 Å². The quantitative estimate of drug-likeness (QED) is 0.711. The predicted octanol–water partition coefficient (Wildman–Crippen LogP) is 5.37. The van der Waals surface area contributed by atoms with Crippen molar-refractivity contribution in [2.75, 3.05) is 0 Å². The summed E-state index contributed by atoms with van der Waals surface area (Å²) in [5.74, 6) is -0.0981. The van der Waals surface area contributed by atoms with Gasteiger partial charge in [-0.25, -0.2) is 0 Å². The molecule has 2 nitrogen and oxygen atoms in total. The van der Waals surface area contributed by atoms with Gasteiger partial charge in [0.1, 0.15) is 0 Å². The van der Waals surface area contributed by atoms with Crippen molar-refractivity contribution in [2.45, 2.75) is 41.0 Å². The number of carbonyl (C=O) groups excluding carboxylic acids is 2. The highest BCUT2D eigenvalue weighted by Gasteiger charge is 2.13. The van der Waals surface area contributed by atoms with E-state index in [9.17, 15) is 9.59 Å². The van der Waals surface area contributed by atoms with E-state index in [-0.39, 0.29) is 11.6 Å². The third-order valence-electron chi connectivity index (χ3n) is 2.81. The van der Waals surface area contributed by atoms with E-state index < -0.39 is 0 Å². The molecule has 0 radical (unpaired) electrons. The zero-order chi connectivity index (χ0) is 17.0. The first-order valence-corrected chi connectivity index (χ1v) is 7.85. The number of rotatable bonds is 4. The molecular formula is C20H26O2. The maximum atomic E-state index is 12.2. The Labute approximate surface area is 134 Å². The van der Waals surface area contributed by atoms with Gasteiger partial charge in [0.2, 0.25) is 0 Å². The highest BCUT2D eigenvalue weighted by molar-refractivity contribution is 6.08. The molecule has 0 atom stereocenters. The van der Waals surface area contributed by atoms with Crippen molar-refractivity contribution in [3.05, 3.63) is 71.3 Å². The number of hydrogen-bond acceptors (Lipinski definition) is 2. The number of benzene rings is 2. The minimum absolute atomic E-state index is 0.0213. The molecule has 0 aliphatic heterocycles. The minimum Gasteiger partial charge on any atom is -0.294 e. The molecular weight excluding hydrogens is 272 g/mol. The zero-order valence-electron chi connectivity index (χ0n) is 14.2. The normalized spacial score (nSPS) is 8.77. The van der Waals surface area contributed by atoms with E-state index in [4.69, 9.17) is 0 Å². The lowest BCUT2D eigenvalue weighted by atomic mass is 9.97. The van der Waals surface area contributed by atoms with Crippen LogP contribution in [0.5, 0.6) is 0 Å². The fraction of sp³-hybridized carbons (Fsp3) is 0.300. The van der Waals surface area contributed by atoms with Crippen LogP contribution in [0.15, 0.2) is 54.6 Å². The van der Waals surface area contributed by atoms with Crippen molar-refractivity contribution in [3.63, 3.8) is 0 Å². The van der Waals surface area contributed by atoms with Crippen LogP contribution in [0.3, 0.4) is 0 Å². The summed E-state index contributed by atoms with van der Waals surface area (Å²) in [6, 6.07) is 16.5. The number of hydrogen-bond donors (Lipinski definition) is 0. The van der Waals surface area contributed by atoms with Gasteiger partial charge in [-0.3, -0.25) is 9.59 Å². The molecule has 0 aromatic heterocycles. The standard InChI is InChI=1S/C16H14O2.2C2H6/c1-12(17)14-9-5-6-10-15(14)16(18)11-13-7-3-2-4-8-13;2*1-2/h2-10H,11H2,1H3;2*1-2H3. The molecule has 0 unspecified atom stereocenters. The SMILES string of the molecule is CC.CC.CC(=O)c1ccccc1C(=O)Cc1ccccc1. The van der Waals surface area contributed by atoms with Crippen molar-refractivity contribution >= 4 is 11.6 Å². The number of carbonyl (C=O) groups is 2. The third-order valence-corrected chi connectivity index (χ3v) is 2.81. The number of Topliss-reactive ketones (excluding diaryl/α,β-unsaturated/α-hetero) is 2. The van der Waals surface area contributed by atoms with Crippen LogP contribution in [0.1, 0.15) is 60.9 Å². The van der Waals surface area contributed by atoms with Gasteiger partial charge in [0.05, 0.1) is 0 Å². The van der Waals surface area contributed by atoms with Crippen LogP contribution in [0, 0.1) is 0 Å². The van der Waals surface area contributed by atoms with Gasteiger partial charge in [-0.1, -0.05) is 82.3 Å². The Morgan fingerprint density at radius 3 is 1.68 bits per heavy atom. The molecule has 2 aromatic carbocycles. The molecule has 0 amide bonds. The van der Waals surface area contributed by atoms with Crippen LogP contribution < -0.4 is 0 Å². The van der Waals surface area contributed by atoms with Gasteiger partial charge in [-0.05, 0) is 12.5 Å². The molecule has 0 saturated carbocycles. The van der Waals surface area contributed by atoms with E-state index in [1.165, 1.54) is 6.92 Å². The first-order chi connectivity index (χ1) is 10.7. The summed E-state index contributed by atoms with van der Waals surface area (Å²) >= 11 is 0. The van der Waals surface area contributed by atoms with Gasteiger partial charge in [0.25, 0.3) is 0 Å². The zero-order valence-corrected chi connectivity index (χ0v) is 14.2. The van der Waals surface area contributed by atoms with Gasteiger partial charge in [0, 0.05) is 17.5 Å². The van der Waals surface area contributed by atoms with E-state index in [2.05, 4.69) is 0 Å². The van der Waals surface area contributed by atoms with Crippen molar-refractivity contribution in [3.8, 4) is 0 Å². The highest BCUT2D eigenvalue weighted by atomic mass is 16.1. The molecule has 0 spiro atoms. The van der Waals surface area contributed by atoms with Gasteiger partial charge in [-0.2, -0.15) is 0 Å². The molecule has 0 N–H and O–H groups in total. The van der Waals surface area contributed by atoms with Gasteiger partial charge < -0.3 is 0 Å². The lowest BCUT2D eigenvalue weighted by Gasteiger charge is -2.05. The Morgan fingerprint density at radius 1 is 0.727 bits per heavy atom. The molecule has 0 fully saturated rings. The summed E-state index contributed by atoms with van der Waals surface area (Å²) in [4.78, 5) is 23.7. The van der Waals surface area contributed by atoms with Crippen molar-refractivity contribution in [1.29, 1.82) is 0 Å². The second-order valence-corrected chi connectivity index (χ2v) is 4.19. The Hall–Kier alpha value is -2.22. The molecule has 2 rings (SSSR count). The maximum absolute atomic E-state index is 12.2. The van der Waals surface area contributed by atoms with Crippen LogP contribution in [-0.2, 0) is 6.42 Å². The van der Waals surface area contributed by atoms with Gasteiger partial charge in [0.15, 0.2) is 11.6 Å². The molecule has 0 heterocycles. The summed E-state index contributed by atoms with van der Waals surface area (Å²) < 4.78 is 0. The highest BCUT2D eigenvalue weighted by Crippen LogP contribution is 2.13. The first kappa shape index (κ1) is 19.8. The second-order valence-electron chi connectivity index (χ2n) is 4.19. The van der Waals surface area contributed by atoms with Crippen LogP contribution >= 0.6 is 0 Å². The van der Waals surface area contributed by atoms with Crippen LogP contribution in [0.25, 0.3) is 0 Å². The largest absolute Gasteiger partial charge is 0.294 e. The Kier molecular flexibility index (Phi) is 10.3. The minimum atomic E-state index is -0.0768. The molecule has 0 bridgehead atoms. The Balaban J connectivity index is 0.00000102. The fourth-order valence-electron chi connectivity index (χ4n) is 1.91. The maximum Gasteiger partial charge on any atom is 0.167 e. The Bertz CT molecular complexity index is 571. The van der Waals surface area contributed by atoms with E-state index in [1.807, 2.05) is 58.0 Å². The first-order valence-electron chi connectivity index (χ1n) is 7.85. The van der Waals surface area contributed by atoms with Gasteiger partial charge >= 0.3 is 0 Å². The molecule has 118 valence electrons. The summed E-state index contributed by atoms with van der Waals surface area (Å²) in [5, 5.41) is 0. The topological polar surface area (TPSA) is 34.1 Å². The lowest BCUT2D eigenvalue weighted by molar-refractivity contribution is 0.0969. The molecule has 0 aliphatic rings. The predicted molar refractivity (Wildman–Crippen MR) is 93.6 cm³/mol. The van der Waals surface area contributed by atoms with Crippen molar-refractivity contribution < 1.29 is 9.59 Å². The van der Waals surface area contributed by atoms with Crippen molar-refractivity contribution in [2.24, 2.45) is 0 Å². The summed E-state index contributed by atoms with van der Waals surface area (Å²) in [6.45, 7) is 9.48. The molecule has 2 heteroatoms. The Morgan fingerprint density at radius 2 is 1.18 bits per heavy atom. The summed E-state index contributed by atoms with van der Waals surface area (Å²) in [7, 11) is 0. The average Bonchev–Trinajstić information content (AvgIpc) is 2.59. The van der Waals surface area contributed by atoms with Crippen LogP contribution in [0.4, 0.5) is 0 Å². The third kappa shape index (κ3) is 6.04. The van der Waals surface area contributed by atoms with E-state index in [1.54, 1.807) is 24.3 Å². The number of ketones is 2. The van der Waals surface area contributed by atoms with E-state index >= 15 is 0 Å². The van der Waals surface area contributed by atoms with Crippen LogP contribution in [0.2, 0.25) is 0 Å². The smallest absolute Gasteiger partial charge is 0.167 e. The lowest BCUT2D eigenvalue weighted by Crippen LogP contribution is -2.09. The molecule has 0 saturated heterocycles. The summed E-state index contributed by atoms with van der Waals surface area (Å²) in [6.07, 6.45) is 0.325. The van der Waals surface area contributed by atoms with Crippen molar-refractivity contribution in [1.82, 2.24) is 0 Å². The molecule has 0 aliphatic carbocycles.